The minimum Gasteiger partial charge on any atom is -0.361 e. The number of aryl methyl sites for hydroxylation is 1. The van der Waals surface area contributed by atoms with Crippen LogP contribution in [0.1, 0.15) is 36.2 Å². The number of nitrogens with zero attached hydrogens (tertiary/aromatic N) is 2. The fourth-order valence-electron chi connectivity index (χ4n) is 3.12. The van der Waals surface area contributed by atoms with Crippen LogP contribution in [0.25, 0.3) is 10.9 Å². The molecule has 0 spiro atoms. The summed E-state index contributed by atoms with van der Waals surface area (Å²) in [7, 11) is 0. The molecule has 0 bridgehead atoms. The Bertz CT molecular complexity index is 1160. The van der Waals surface area contributed by atoms with Gasteiger partial charge in [0.15, 0.2) is 5.82 Å². The number of aromatic nitrogens is 3. The number of para-hydroxylation sites is 1. The van der Waals surface area contributed by atoms with Gasteiger partial charge in [0.25, 0.3) is 5.91 Å². The Kier molecular flexibility index (Phi) is 8.53. The lowest BCUT2D eigenvalue weighted by Crippen LogP contribution is -2.24. The van der Waals surface area contributed by atoms with Crippen molar-refractivity contribution in [1.82, 2.24) is 20.3 Å². The second kappa shape index (κ2) is 12.0. The van der Waals surface area contributed by atoms with Crippen LogP contribution in [0.2, 0.25) is 0 Å². The van der Waals surface area contributed by atoms with E-state index in [0.717, 1.165) is 12.0 Å². The summed E-state index contributed by atoms with van der Waals surface area (Å²) in [6.07, 6.45) is 8.01. The number of aromatic amines is 1. The van der Waals surface area contributed by atoms with Gasteiger partial charge in [-0.25, -0.2) is 9.78 Å². The lowest BCUT2D eigenvalue weighted by atomic mass is 10.1. The third-order valence-electron chi connectivity index (χ3n) is 4.80. The minimum atomic E-state index is -0.409. The van der Waals surface area contributed by atoms with Gasteiger partial charge in [-0.05, 0) is 54.1 Å². The summed E-state index contributed by atoms with van der Waals surface area (Å²) < 4.78 is 0. The molecule has 0 fully saturated rings. The van der Waals surface area contributed by atoms with Gasteiger partial charge in [0, 0.05) is 41.9 Å². The maximum atomic E-state index is 12.0. The maximum absolute atomic E-state index is 12.0. The molecule has 4 aromatic rings. The van der Waals surface area contributed by atoms with E-state index in [-0.39, 0.29) is 5.91 Å². The highest BCUT2D eigenvalue weighted by molar-refractivity contribution is 6.00. The van der Waals surface area contributed by atoms with Crippen molar-refractivity contribution in [2.45, 2.75) is 26.7 Å². The Morgan fingerprint density at radius 1 is 1.00 bits per heavy atom. The van der Waals surface area contributed by atoms with Gasteiger partial charge >= 0.3 is 6.03 Å². The number of carbonyl (C=O) groups is 2. The van der Waals surface area contributed by atoms with Gasteiger partial charge in [0.05, 0.1) is 6.20 Å². The lowest BCUT2D eigenvalue weighted by molar-refractivity contribution is 0.0953. The molecule has 2 aromatic heterocycles. The summed E-state index contributed by atoms with van der Waals surface area (Å²) in [6.45, 7) is 4.61. The first-order chi connectivity index (χ1) is 16.1. The van der Waals surface area contributed by atoms with Crippen LogP contribution in [0.3, 0.4) is 0 Å². The Labute approximate surface area is 192 Å². The molecule has 4 rings (SSSR count). The number of nitrogens with one attached hydrogen (secondary N) is 4. The largest absolute Gasteiger partial charge is 0.361 e. The van der Waals surface area contributed by atoms with Crippen molar-refractivity contribution >= 4 is 34.3 Å². The number of H-pyrrole nitrogens is 1. The highest BCUT2D eigenvalue weighted by Gasteiger charge is 2.11. The van der Waals surface area contributed by atoms with Gasteiger partial charge in [-0.1, -0.05) is 32.0 Å². The summed E-state index contributed by atoms with van der Waals surface area (Å²) in [5, 5.41) is 9.49. The number of fused-ring (bicyclic) bond motifs is 1. The Morgan fingerprint density at radius 2 is 1.85 bits per heavy atom. The molecule has 0 aliphatic rings. The van der Waals surface area contributed by atoms with Crippen LogP contribution >= 0.6 is 0 Å². The molecular formula is C25H28N6O2. The van der Waals surface area contributed by atoms with Crippen molar-refractivity contribution in [2.24, 2.45) is 0 Å². The molecule has 0 aliphatic heterocycles. The topological polar surface area (TPSA) is 112 Å². The second-order valence-electron chi connectivity index (χ2n) is 7.22. The van der Waals surface area contributed by atoms with Crippen molar-refractivity contribution < 1.29 is 9.59 Å². The standard InChI is InChI=1S/C17H21N5O2.C8H7N/c1-3-7-20-16(23)13-5-6-14(12(4-2)10-13)21-17(24)22-15-11-18-8-9-19-15;1-2-4-8-7(3-1)5-6-9-8/h5-6,8-11H,3-4,7H2,1-2H3,(H,20,23)(H2,19,21,22,24);1-6,9H. The summed E-state index contributed by atoms with van der Waals surface area (Å²) in [5.74, 6) is 0.255. The molecule has 0 unspecified atom stereocenters. The van der Waals surface area contributed by atoms with Crippen LogP contribution in [0.4, 0.5) is 16.3 Å². The first-order valence-electron chi connectivity index (χ1n) is 10.9. The van der Waals surface area contributed by atoms with E-state index in [0.29, 0.717) is 30.0 Å². The molecule has 2 aromatic carbocycles. The van der Waals surface area contributed by atoms with Crippen LogP contribution in [0.5, 0.6) is 0 Å². The van der Waals surface area contributed by atoms with E-state index in [4.69, 9.17) is 0 Å². The molecular weight excluding hydrogens is 416 g/mol. The quantitative estimate of drug-likeness (QED) is 0.336. The summed E-state index contributed by atoms with van der Waals surface area (Å²) in [6, 6.07) is 15.1. The average Bonchev–Trinajstić information content (AvgIpc) is 3.33. The van der Waals surface area contributed by atoms with Crippen LogP contribution in [0.15, 0.2) is 73.3 Å². The number of benzene rings is 2. The van der Waals surface area contributed by atoms with E-state index < -0.39 is 6.03 Å². The Morgan fingerprint density at radius 3 is 2.58 bits per heavy atom. The molecule has 0 atom stereocenters. The summed E-state index contributed by atoms with van der Waals surface area (Å²) in [5.41, 5.74) is 3.33. The molecule has 33 heavy (non-hydrogen) atoms. The van der Waals surface area contributed by atoms with E-state index in [9.17, 15) is 9.59 Å². The SMILES string of the molecule is CCCNC(=O)c1ccc(NC(=O)Nc2cnccn2)c(CC)c1.c1ccc2[nH]ccc2c1. The number of carbonyl (C=O) groups excluding carboxylic acids is 2. The van der Waals surface area contributed by atoms with Crippen molar-refractivity contribution in [1.29, 1.82) is 0 Å². The number of rotatable bonds is 6. The average molecular weight is 445 g/mol. The van der Waals surface area contributed by atoms with Crippen molar-refractivity contribution in [3.63, 3.8) is 0 Å². The Balaban J connectivity index is 0.000000280. The van der Waals surface area contributed by atoms with E-state index in [1.807, 2.05) is 32.2 Å². The van der Waals surface area contributed by atoms with E-state index in [1.54, 1.807) is 18.2 Å². The van der Waals surface area contributed by atoms with Gasteiger partial charge in [-0.2, -0.15) is 0 Å². The second-order valence-corrected chi connectivity index (χ2v) is 7.22. The lowest BCUT2D eigenvalue weighted by Gasteiger charge is -2.12. The molecule has 8 heteroatoms. The van der Waals surface area contributed by atoms with Crippen LogP contribution in [0, 0.1) is 0 Å². The summed E-state index contributed by atoms with van der Waals surface area (Å²) >= 11 is 0. The monoisotopic (exact) mass is 444 g/mol. The van der Waals surface area contributed by atoms with Crippen LogP contribution in [-0.2, 0) is 6.42 Å². The molecule has 0 radical (unpaired) electrons. The number of hydrogen-bond acceptors (Lipinski definition) is 4. The highest BCUT2D eigenvalue weighted by Crippen LogP contribution is 2.19. The smallest absolute Gasteiger partial charge is 0.324 e. The molecule has 0 saturated carbocycles. The minimum absolute atomic E-state index is 0.109. The molecule has 8 nitrogen and oxygen atoms in total. The zero-order valence-electron chi connectivity index (χ0n) is 18.8. The van der Waals surface area contributed by atoms with Crippen molar-refractivity contribution in [2.75, 3.05) is 17.2 Å². The van der Waals surface area contributed by atoms with Gasteiger partial charge in [-0.3, -0.25) is 15.1 Å². The number of amides is 3. The molecule has 170 valence electrons. The number of hydrogen-bond donors (Lipinski definition) is 4. The number of anilines is 2. The van der Waals surface area contributed by atoms with E-state index in [2.05, 4.69) is 49.1 Å². The van der Waals surface area contributed by atoms with Crippen molar-refractivity contribution in [3.8, 4) is 0 Å². The molecule has 2 heterocycles. The van der Waals surface area contributed by atoms with Gasteiger partial charge in [0.1, 0.15) is 0 Å². The molecule has 0 saturated heterocycles. The highest BCUT2D eigenvalue weighted by atomic mass is 16.2. The first kappa shape index (κ1) is 23.5. The van der Waals surface area contributed by atoms with E-state index >= 15 is 0 Å². The number of urea groups is 1. The van der Waals surface area contributed by atoms with Crippen LogP contribution in [-0.4, -0.2) is 33.4 Å². The van der Waals surface area contributed by atoms with Gasteiger partial charge in [0.2, 0.25) is 0 Å². The maximum Gasteiger partial charge on any atom is 0.324 e. The molecule has 4 N–H and O–H groups in total. The predicted octanol–water partition coefficient (Wildman–Crippen LogP) is 4.99. The predicted molar refractivity (Wildman–Crippen MR) is 131 cm³/mol. The zero-order valence-corrected chi connectivity index (χ0v) is 18.8. The normalized spacial score (nSPS) is 10.1. The molecule has 0 aliphatic carbocycles. The third-order valence-corrected chi connectivity index (χ3v) is 4.80. The summed E-state index contributed by atoms with van der Waals surface area (Å²) in [4.78, 5) is 35.0. The van der Waals surface area contributed by atoms with Gasteiger partial charge in [-0.15, -0.1) is 0 Å². The van der Waals surface area contributed by atoms with Crippen LogP contribution < -0.4 is 16.0 Å². The third kappa shape index (κ3) is 6.90. The fourth-order valence-corrected chi connectivity index (χ4v) is 3.12. The first-order valence-corrected chi connectivity index (χ1v) is 10.9. The van der Waals surface area contributed by atoms with E-state index in [1.165, 1.54) is 29.5 Å². The fraction of sp³-hybridized carbons (Fsp3) is 0.200. The van der Waals surface area contributed by atoms with Gasteiger partial charge < -0.3 is 15.6 Å². The van der Waals surface area contributed by atoms with Crippen molar-refractivity contribution in [3.05, 3.63) is 84.4 Å². The zero-order chi connectivity index (χ0) is 23.5. The molecule has 3 amide bonds. The Hall–Kier alpha value is -4.20.